The van der Waals surface area contributed by atoms with E-state index in [0.29, 0.717) is 10.6 Å². The Bertz CT molecular complexity index is 531. The SMILES string of the molecule is CC(C(=O)O)N(C(=O)c1ccc(Br)cc1Cl)C1CC1. The molecule has 102 valence electrons. The number of nitrogens with zero attached hydrogens (tertiary/aromatic N) is 1. The van der Waals surface area contributed by atoms with Crippen LogP contribution in [0.3, 0.4) is 0 Å². The number of rotatable bonds is 4. The maximum Gasteiger partial charge on any atom is 0.326 e. The Balaban J connectivity index is 2.31. The first kappa shape index (κ1) is 14.3. The largest absolute Gasteiger partial charge is 0.480 e. The van der Waals surface area contributed by atoms with Gasteiger partial charge in [-0.1, -0.05) is 27.5 Å². The first-order valence-corrected chi connectivity index (χ1v) is 7.09. The summed E-state index contributed by atoms with van der Waals surface area (Å²) in [5, 5.41) is 9.43. The minimum Gasteiger partial charge on any atom is -0.480 e. The van der Waals surface area contributed by atoms with Crippen LogP contribution < -0.4 is 0 Å². The Morgan fingerprint density at radius 2 is 2.11 bits per heavy atom. The molecule has 0 saturated heterocycles. The molecule has 1 aromatic carbocycles. The van der Waals surface area contributed by atoms with Gasteiger partial charge in [-0.05, 0) is 38.0 Å². The first-order chi connectivity index (χ1) is 8.91. The van der Waals surface area contributed by atoms with Crippen LogP contribution in [-0.4, -0.2) is 34.0 Å². The van der Waals surface area contributed by atoms with Crippen LogP contribution in [0.1, 0.15) is 30.1 Å². The van der Waals surface area contributed by atoms with Crippen molar-refractivity contribution in [1.82, 2.24) is 4.90 Å². The number of hydrogen-bond donors (Lipinski definition) is 1. The summed E-state index contributed by atoms with van der Waals surface area (Å²) in [7, 11) is 0. The molecule has 1 fully saturated rings. The summed E-state index contributed by atoms with van der Waals surface area (Å²) in [5.41, 5.74) is 0.338. The number of halogens is 2. The Morgan fingerprint density at radius 1 is 1.47 bits per heavy atom. The predicted octanol–water partition coefficient (Wildman–Crippen LogP) is 3.18. The predicted molar refractivity (Wildman–Crippen MR) is 75.4 cm³/mol. The molecule has 1 unspecified atom stereocenters. The summed E-state index contributed by atoms with van der Waals surface area (Å²) in [6.45, 7) is 1.52. The van der Waals surface area contributed by atoms with Crippen LogP contribution in [0.25, 0.3) is 0 Å². The standard InChI is InChI=1S/C13H13BrClNO3/c1-7(13(18)19)16(9-3-4-9)12(17)10-5-2-8(14)6-11(10)15/h2,5-7,9H,3-4H2,1H3,(H,18,19). The molecule has 1 N–H and O–H groups in total. The van der Waals surface area contributed by atoms with Crippen molar-refractivity contribution in [2.45, 2.75) is 31.8 Å². The fourth-order valence-electron chi connectivity index (χ4n) is 1.93. The van der Waals surface area contributed by atoms with Gasteiger partial charge in [-0.15, -0.1) is 0 Å². The lowest BCUT2D eigenvalue weighted by atomic mass is 10.1. The van der Waals surface area contributed by atoms with Crippen molar-refractivity contribution < 1.29 is 14.7 Å². The number of aliphatic carboxylic acids is 1. The maximum atomic E-state index is 12.5. The Morgan fingerprint density at radius 3 is 2.58 bits per heavy atom. The molecule has 19 heavy (non-hydrogen) atoms. The average Bonchev–Trinajstić information content (AvgIpc) is 3.13. The van der Waals surface area contributed by atoms with Crippen molar-refractivity contribution in [1.29, 1.82) is 0 Å². The number of carboxylic acid groups (broad SMARTS) is 1. The van der Waals surface area contributed by atoms with E-state index in [0.717, 1.165) is 17.3 Å². The maximum absolute atomic E-state index is 12.5. The second-order valence-corrected chi connectivity index (χ2v) is 5.90. The number of hydrogen-bond acceptors (Lipinski definition) is 2. The van der Waals surface area contributed by atoms with Gasteiger partial charge in [0.05, 0.1) is 10.6 Å². The van der Waals surface area contributed by atoms with Gasteiger partial charge < -0.3 is 10.0 Å². The summed E-state index contributed by atoms with van der Waals surface area (Å²) >= 11 is 9.33. The van der Waals surface area contributed by atoms with Gasteiger partial charge in [0.2, 0.25) is 0 Å². The van der Waals surface area contributed by atoms with Crippen LogP contribution in [0.5, 0.6) is 0 Å². The average molecular weight is 347 g/mol. The number of carbonyl (C=O) groups excluding carboxylic acids is 1. The molecular weight excluding hydrogens is 334 g/mol. The molecule has 1 aliphatic carbocycles. The molecule has 1 saturated carbocycles. The molecule has 0 radical (unpaired) electrons. The molecule has 6 heteroatoms. The van der Waals surface area contributed by atoms with Crippen molar-refractivity contribution in [3.8, 4) is 0 Å². The van der Waals surface area contributed by atoms with E-state index in [1.807, 2.05) is 0 Å². The molecule has 1 aromatic rings. The van der Waals surface area contributed by atoms with Crippen LogP contribution in [0.2, 0.25) is 5.02 Å². The van der Waals surface area contributed by atoms with Crippen molar-refractivity contribution >= 4 is 39.4 Å². The molecule has 2 rings (SSSR count). The summed E-state index contributed by atoms with van der Waals surface area (Å²) in [5.74, 6) is -1.33. The highest BCUT2D eigenvalue weighted by Crippen LogP contribution is 2.32. The highest BCUT2D eigenvalue weighted by atomic mass is 79.9. The van der Waals surface area contributed by atoms with Gasteiger partial charge in [-0.2, -0.15) is 0 Å². The normalized spacial score (nSPS) is 15.9. The number of carbonyl (C=O) groups is 2. The van der Waals surface area contributed by atoms with Gasteiger partial charge in [0.1, 0.15) is 6.04 Å². The zero-order valence-electron chi connectivity index (χ0n) is 10.3. The molecule has 0 spiro atoms. The monoisotopic (exact) mass is 345 g/mol. The fourth-order valence-corrected chi connectivity index (χ4v) is 2.69. The molecule has 0 bridgehead atoms. The first-order valence-electron chi connectivity index (χ1n) is 5.92. The zero-order chi connectivity index (χ0) is 14.2. The third-order valence-corrected chi connectivity index (χ3v) is 3.92. The molecule has 1 atom stereocenters. The molecule has 0 heterocycles. The summed E-state index contributed by atoms with van der Waals surface area (Å²) in [6, 6.07) is 4.12. The van der Waals surface area contributed by atoms with E-state index in [1.54, 1.807) is 18.2 Å². The van der Waals surface area contributed by atoms with E-state index in [4.69, 9.17) is 16.7 Å². The molecule has 1 aliphatic rings. The third-order valence-electron chi connectivity index (χ3n) is 3.11. The zero-order valence-corrected chi connectivity index (χ0v) is 12.6. The topological polar surface area (TPSA) is 57.6 Å². The van der Waals surface area contributed by atoms with Gasteiger partial charge >= 0.3 is 5.97 Å². The Hall–Kier alpha value is -1.07. The van der Waals surface area contributed by atoms with Crippen LogP contribution in [0.4, 0.5) is 0 Å². The Kier molecular flexibility index (Phi) is 4.16. The highest BCUT2D eigenvalue weighted by molar-refractivity contribution is 9.10. The molecule has 4 nitrogen and oxygen atoms in total. The lowest BCUT2D eigenvalue weighted by molar-refractivity contribution is -0.141. The lowest BCUT2D eigenvalue weighted by Crippen LogP contribution is -2.44. The molecule has 0 aromatic heterocycles. The van der Waals surface area contributed by atoms with Crippen LogP contribution >= 0.6 is 27.5 Å². The lowest BCUT2D eigenvalue weighted by Gasteiger charge is -2.26. The number of amides is 1. The Labute approximate surface area is 124 Å². The molecular formula is C13H13BrClNO3. The van der Waals surface area contributed by atoms with Crippen LogP contribution in [0.15, 0.2) is 22.7 Å². The van der Waals surface area contributed by atoms with Gasteiger partial charge in [-0.3, -0.25) is 4.79 Å². The summed E-state index contributed by atoms with van der Waals surface area (Å²) in [4.78, 5) is 25.0. The van der Waals surface area contributed by atoms with Gasteiger partial charge in [0, 0.05) is 10.5 Å². The van der Waals surface area contributed by atoms with Crippen molar-refractivity contribution in [3.63, 3.8) is 0 Å². The highest BCUT2D eigenvalue weighted by Gasteiger charge is 2.39. The second kappa shape index (κ2) is 5.51. The van der Waals surface area contributed by atoms with Gasteiger partial charge in [0.25, 0.3) is 5.91 Å². The van der Waals surface area contributed by atoms with Crippen LogP contribution in [-0.2, 0) is 4.79 Å². The van der Waals surface area contributed by atoms with E-state index >= 15 is 0 Å². The number of carboxylic acids is 1. The van der Waals surface area contributed by atoms with Gasteiger partial charge in [0.15, 0.2) is 0 Å². The van der Waals surface area contributed by atoms with Crippen molar-refractivity contribution in [2.24, 2.45) is 0 Å². The minimum atomic E-state index is -1.01. The van der Waals surface area contributed by atoms with Crippen molar-refractivity contribution in [2.75, 3.05) is 0 Å². The summed E-state index contributed by atoms with van der Waals surface area (Å²) < 4.78 is 0.776. The van der Waals surface area contributed by atoms with Gasteiger partial charge in [-0.25, -0.2) is 4.79 Å². The number of benzene rings is 1. The molecule has 1 amide bonds. The van der Waals surface area contributed by atoms with E-state index in [2.05, 4.69) is 15.9 Å². The van der Waals surface area contributed by atoms with E-state index < -0.39 is 12.0 Å². The molecule has 0 aliphatic heterocycles. The van der Waals surface area contributed by atoms with E-state index in [9.17, 15) is 9.59 Å². The fraction of sp³-hybridized carbons (Fsp3) is 0.385. The van der Waals surface area contributed by atoms with Crippen LogP contribution in [0, 0.1) is 0 Å². The quantitative estimate of drug-likeness (QED) is 0.911. The van der Waals surface area contributed by atoms with E-state index in [-0.39, 0.29) is 11.9 Å². The second-order valence-electron chi connectivity index (χ2n) is 4.58. The van der Waals surface area contributed by atoms with E-state index in [1.165, 1.54) is 11.8 Å². The minimum absolute atomic E-state index is 0.0123. The smallest absolute Gasteiger partial charge is 0.326 e. The third kappa shape index (κ3) is 3.09. The summed E-state index contributed by atoms with van der Waals surface area (Å²) in [6.07, 6.45) is 1.69. The van der Waals surface area contributed by atoms with Crippen molar-refractivity contribution in [3.05, 3.63) is 33.3 Å².